The Labute approximate surface area is 237 Å². The van der Waals surface area contributed by atoms with Gasteiger partial charge in [-0.05, 0) is 90.0 Å². The SMILES string of the molecule is CCCCc1ccc(C#Cc2ccc(CN(CCc3ccc(Cl)cc3)Cc3ccc(C(=O)O)cc3)cc2)cc1. The second-order valence-corrected chi connectivity index (χ2v) is 10.3. The molecule has 1 N–H and O–H groups in total. The van der Waals surface area contributed by atoms with Gasteiger partial charge in [0.15, 0.2) is 0 Å². The molecule has 4 aromatic rings. The lowest BCUT2D eigenvalue weighted by atomic mass is 10.1. The zero-order valence-electron chi connectivity index (χ0n) is 22.4. The summed E-state index contributed by atoms with van der Waals surface area (Å²) >= 11 is 6.05. The average molecular weight is 536 g/mol. The summed E-state index contributed by atoms with van der Waals surface area (Å²) in [5, 5.41) is 9.95. The van der Waals surface area contributed by atoms with Crippen LogP contribution in [0.5, 0.6) is 0 Å². The van der Waals surface area contributed by atoms with Crippen LogP contribution in [-0.2, 0) is 25.9 Å². The number of carbonyl (C=O) groups is 1. The summed E-state index contributed by atoms with van der Waals surface area (Å²) in [5.41, 5.74) is 7.21. The molecule has 4 aromatic carbocycles. The van der Waals surface area contributed by atoms with Crippen molar-refractivity contribution in [3.63, 3.8) is 0 Å². The van der Waals surface area contributed by atoms with Crippen LogP contribution >= 0.6 is 11.6 Å². The van der Waals surface area contributed by atoms with Crippen molar-refractivity contribution in [2.24, 2.45) is 0 Å². The van der Waals surface area contributed by atoms with Gasteiger partial charge in [-0.15, -0.1) is 0 Å². The maximum atomic E-state index is 11.2. The van der Waals surface area contributed by atoms with Crippen molar-refractivity contribution in [3.05, 3.63) is 141 Å². The molecule has 0 atom stereocenters. The maximum Gasteiger partial charge on any atom is 0.335 e. The molecule has 0 saturated heterocycles. The number of halogens is 1. The molecule has 0 fully saturated rings. The number of hydrogen-bond donors (Lipinski definition) is 1. The fraction of sp³-hybridized carbons (Fsp3) is 0.229. The molecule has 0 spiro atoms. The molecular weight excluding hydrogens is 502 g/mol. The number of aromatic carboxylic acids is 1. The smallest absolute Gasteiger partial charge is 0.335 e. The van der Waals surface area contributed by atoms with Gasteiger partial charge in [-0.25, -0.2) is 4.79 Å². The van der Waals surface area contributed by atoms with Crippen LogP contribution in [0.4, 0.5) is 0 Å². The zero-order valence-corrected chi connectivity index (χ0v) is 23.1. The monoisotopic (exact) mass is 535 g/mol. The first-order valence-electron chi connectivity index (χ1n) is 13.5. The van der Waals surface area contributed by atoms with Gasteiger partial charge in [-0.1, -0.05) is 85.3 Å². The summed E-state index contributed by atoms with van der Waals surface area (Å²) < 4.78 is 0. The predicted molar refractivity (Wildman–Crippen MR) is 160 cm³/mol. The molecule has 0 radical (unpaired) electrons. The number of rotatable bonds is 11. The standard InChI is InChI=1S/C35H34ClNO2/c1-2-3-4-27-5-7-28(8-6-27)9-10-29-11-13-31(14-12-29)25-37(24-23-30-17-21-34(36)22-18-30)26-32-15-19-33(20-16-32)35(38)39/h5-8,11-22H,2-4,23-26H2,1H3,(H,38,39). The van der Waals surface area contributed by atoms with Gasteiger partial charge in [-0.3, -0.25) is 4.90 Å². The van der Waals surface area contributed by atoms with Crippen molar-refractivity contribution in [1.82, 2.24) is 4.90 Å². The van der Waals surface area contributed by atoms with Crippen LogP contribution in [0.3, 0.4) is 0 Å². The summed E-state index contributed by atoms with van der Waals surface area (Å²) in [6.45, 7) is 4.58. The summed E-state index contributed by atoms with van der Waals surface area (Å²) in [5.74, 6) is 5.66. The largest absolute Gasteiger partial charge is 0.478 e. The Kier molecular flexibility index (Phi) is 10.4. The quantitative estimate of drug-likeness (QED) is 0.198. The highest BCUT2D eigenvalue weighted by molar-refractivity contribution is 6.30. The van der Waals surface area contributed by atoms with Crippen LogP contribution in [-0.4, -0.2) is 22.5 Å². The van der Waals surface area contributed by atoms with E-state index in [0.29, 0.717) is 5.56 Å². The third-order valence-electron chi connectivity index (χ3n) is 6.72. The number of benzene rings is 4. The molecule has 0 aliphatic heterocycles. The Morgan fingerprint density at radius 2 is 1.15 bits per heavy atom. The highest BCUT2D eigenvalue weighted by atomic mass is 35.5. The van der Waals surface area contributed by atoms with Gasteiger partial charge in [0.25, 0.3) is 0 Å². The lowest BCUT2D eigenvalue weighted by molar-refractivity contribution is 0.0697. The highest BCUT2D eigenvalue weighted by Gasteiger charge is 2.10. The molecule has 4 heteroatoms. The molecule has 0 saturated carbocycles. The first-order chi connectivity index (χ1) is 19.0. The molecule has 0 bridgehead atoms. The van der Waals surface area contributed by atoms with Crippen molar-refractivity contribution in [1.29, 1.82) is 0 Å². The van der Waals surface area contributed by atoms with E-state index in [-0.39, 0.29) is 0 Å². The summed E-state index contributed by atoms with van der Waals surface area (Å²) in [6, 6.07) is 32.1. The van der Waals surface area contributed by atoms with Crippen LogP contribution in [0.2, 0.25) is 5.02 Å². The van der Waals surface area contributed by atoms with Crippen LogP contribution in [0, 0.1) is 11.8 Å². The van der Waals surface area contributed by atoms with E-state index < -0.39 is 5.97 Å². The normalized spacial score (nSPS) is 10.7. The fourth-order valence-corrected chi connectivity index (χ4v) is 4.52. The summed E-state index contributed by atoms with van der Waals surface area (Å²) in [4.78, 5) is 13.6. The Balaban J connectivity index is 1.42. The summed E-state index contributed by atoms with van der Waals surface area (Å²) in [7, 11) is 0. The zero-order chi connectivity index (χ0) is 27.5. The van der Waals surface area contributed by atoms with Crippen molar-refractivity contribution in [3.8, 4) is 11.8 Å². The van der Waals surface area contributed by atoms with E-state index in [4.69, 9.17) is 11.6 Å². The molecular formula is C35H34ClNO2. The number of hydrogen-bond acceptors (Lipinski definition) is 2. The molecule has 0 aromatic heterocycles. The topological polar surface area (TPSA) is 40.5 Å². The fourth-order valence-electron chi connectivity index (χ4n) is 4.39. The van der Waals surface area contributed by atoms with Gasteiger partial charge in [-0.2, -0.15) is 0 Å². The second kappa shape index (κ2) is 14.4. The highest BCUT2D eigenvalue weighted by Crippen LogP contribution is 2.15. The molecule has 0 heterocycles. The van der Waals surface area contributed by atoms with Gasteiger partial charge in [0, 0.05) is 35.8 Å². The van der Waals surface area contributed by atoms with Gasteiger partial charge in [0.05, 0.1) is 5.56 Å². The maximum absolute atomic E-state index is 11.2. The third kappa shape index (κ3) is 9.14. The molecule has 4 rings (SSSR count). The molecule has 0 unspecified atom stereocenters. The first kappa shape index (κ1) is 28.2. The Morgan fingerprint density at radius 1 is 0.692 bits per heavy atom. The van der Waals surface area contributed by atoms with E-state index in [1.54, 1.807) is 12.1 Å². The Morgan fingerprint density at radius 3 is 1.67 bits per heavy atom. The van der Waals surface area contributed by atoms with Gasteiger partial charge in [0.2, 0.25) is 0 Å². The number of carboxylic acid groups (broad SMARTS) is 1. The molecule has 0 amide bonds. The van der Waals surface area contributed by atoms with E-state index in [9.17, 15) is 9.90 Å². The summed E-state index contributed by atoms with van der Waals surface area (Å²) in [6.07, 6.45) is 4.44. The molecule has 0 aliphatic carbocycles. The van der Waals surface area contributed by atoms with E-state index in [1.807, 2.05) is 24.3 Å². The minimum atomic E-state index is -0.909. The molecule has 198 valence electrons. The van der Waals surface area contributed by atoms with Crippen LogP contribution < -0.4 is 0 Å². The van der Waals surface area contributed by atoms with Gasteiger partial charge >= 0.3 is 5.97 Å². The average Bonchev–Trinajstić information content (AvgIpc) is 2.96. The van der Waals surface area contributed by atoms with Crippen LogP contribution in [0.1, 0.15) is 63.5 Å². The van der Waals surface area contributed by atoms with Crippen molar-refractivity contribution in [2.75, 3.05) is 6.54 Å². The lowest BCUT2D eigenvalue weighted by Crippen LogP contribution is -2.25. The number of carboxylic acids is 1. The van der Waals surface area contributed by atoms with E-state index in [1.165, 1.54) is 29.5 Å². The predicted octanol–water partition coefficient (Wildman–Crippen LogP) is 8.03. The molecule has 39 heavy (non-hydrogen) atoms. The molecule has 0 aliphatic rings. The van der Waals surface area contributed by atoms with Crippen molar-refractivity contribution >= 4 is 17.6 Å². The van der Waals surface area contributed by atoms with E-state index >= 15 is 0 Å². The van der Waals surface area contributed by atoms with Crippen LogP contribution in [0.15, 0.2) is 97.1 Å². The van der Waals surface area contributed by atoms with E-state index in [2.05, 4.69) is 84.3 Å². The van der Waals surface area contributed by atoms with Crippen molar-refractivity contribution in [2.45, 2.75) is 45.7 Å². The number of unbranched alkanes of at least 4 members (excludes halogenated alkanes) is 1. The van der Waals surface area contributed by atoms with Crippen LogP contribution in [0.25, 0.3) is 0 Å². The van der Waals surface area contributed by atoms with Crippen molar-refractivity contribution < 1.29 is 9.90 Å². The second-order valence-electron chi connectivity index (χ2n) is 9.84. The number of nitrogens with zero attached hydrogens (tertiary/aromatic N) is 1. The lowest BCUT2D eigenvalue weighted by Gasteiger charge is -2.23. The van der Waals surface area contributed by atoms with E-state index in [0.717, 1.165) is 54.2 Å². The first-order valence-corrected chi connectivity index (χ1v) is 13.9. The third-order valence-corrected chi connectivity index (χ3v) is 6.97. The molecule has 3 nitrogen and oxygen atoms in total. The Bertz CT molecular complexity index is 1400. The number of aryl methyl sites for hydroxylation is 1. The van der Waals surface area contributed by atoms with Gasteiger partial charge in [0.1, 0.15) is 0 Å². The minimum Gasteiger partial charge on any atom is -0.478 e. The minimum absolute atomic E-state index is 0.301. The van der Waals surface area contributed by atoms with Gasteiger partial charge < -0.3 is 5.11 Å². The Hall–Kier alpha value is -3.84.